The highest BCUT2D eigenvalue weighted by molar-refractivity contribution is 6.04. The van der Waals surface area contributed by atoms with E-state index in [2.05, 4.69) is 15.6 Å². The van der Waals surface area contributed by atoms with Crippen LogP contribution >= 0.6 is 0 Å². The van der Waals surface area contributed by atoms with Gasteiger partial charge in [-0.1, -0.05) is 31.4 Å². The number of benzene rings is 1. The van der Waals surface area contributed by atoms with Gasteiger partial charge in [0.05, 0.1) is 6.10 Å². The number of hydrogen-bond acceptors (Lipinski definition) is 7. The molecule has 1 aliphatic heterocycles. The van der Waals surface area contributed by atoms with Gasteiger partial charge < -0.3 is 30.9 Å². The largest absolute Gasteiger partial charge is 0.480 e. The second-order valence-corrected chi connectivity index (χ2v) is 9.28. The molecule has 1 saturated carbocycles. The molecule has 1 aromatic heterocycles. The number of nitrogens with one attached hydrogen (secondary N) is 2. The van der Waals surface area contributed by atoms with Crippen LogP contribution in [-0.4, -0.2) is 58.3 Å². The summed E-state index contributed by atoms with van der Waals surface area (Å²) in [6.07, 6.45) is 4.61. The summed E-state index contributed by atoms with van der Waals surface area (Å²) >= 11 is 0. The topological polar surface area (TPSA) is 170 Å². The number of hydrogen-bond donors (Lipinski definition) is 4. The zero-order chi connectivity index (χ0) is 26.4. The summed E-state index contributed by atoms with van der Waals surface area (Å²) in [7, 11) is 0. The second kappa shape index (κ2) is 11.9. The number of rotatable bonds is 9. The van der Waals surface area contributed by atoms with Crippen molar-refractivity contribution in [3.05, 3.63) is 59.9 Å². The highest BCUT2D eigenvalue weighted by Gasteiger charge is 2.47. The van der Waals surface area contributed by atoms with Crippen LogP contribution in [0.5, 0.6) is 0 Å². The van der Waals surface area contributed by atoms with Crippen LogP contribution in [0.1, 0.15) is 48.0 Å². The van der Waals surface area contributed by atoms with E-state index in [1.807, 2.05) is 0 Å². The van der Waals surface area contributed by atoms with Crippen LogP contribution in [0, 0.1) is 5.92 Å². The highest BCUT2D eigenvalue weighted by Crippen LogP contribution is 2.34. The van der Waals surface area contributed by atoms with Crippen molar-refractivity contribution in [3.8, 4) is 0 Å². The summed E-state index contributed by atoms with van der Waals surface area (Å²) in [4.78, 5) is 52.9. The van der Waals surface area contributed by atoms with Gasteiger partial charge in [-0.05, 0) is 48.6 Å². The lowest BCUT2D eigenvalue weighted by Gasteiger charge is -2.29. The molecule has 0 spiro atoms. The van der Waals surface area contributed by atoms with Crippen LogP contribution in [0.3, 0.4) is 0 Å². The number of aliphatic carboxylic acids is 1. The first kappa shape index (κ1) is 26.2. The summed E-state index contributed by atoms with van der Waals surface area (Å²) in [5.41, 5.74) is 6.96. The molecule has 37 heavy (non-hydrogen) atoms. The SMILES string of the molecule is NC(=O)C1O[C@H](C2CCCCC2)[C@H](C(=O)NC(Cc2ccc(NC(=O)c3ccncc3)cc2)C(=O)O)O1. The Kier molecular flexibility index (Phi) is 8.47. The predicted octanol–water partition coefficient (Wildman–Crippen LogP) is 1.62. The molecular formula is C26H30N4O7. The fraction of sp³-hybridized carbons (Fsp3) is 0.423. The van der Waals surface area contributed by atoms with Crippen molar-refractivity contribution >= 4 is 29.4 Å². The third-order valence-corrected chi connectivity index (χ3v) is 6.66. The number of carbonyl (C=O) groups is 4. The molecule has 1 aromatic carbocycles. The number of aromatic nitrogens is 1. The van der Waals surface area contributed by atoms with E-state index < -0.39 is 42.3 Å². The number of nitrogens with zero attached hydrogens (tertiary/aromatic N) is 1. The lowest BCUT2D eigenvalue weighted by Crippen LogP contribution is -2.50. The average molecular weight is 511 g/mol. The van der Waals surface area contributed by atoms with Crippen LogP contribution < -0.4 is 16.4 Å². The minimum Gasteiger partial charge on any atom is -0.480 e. The number of ether oxygens (including phenoxy) is 2. The predicted molar refractivity (Wildman–Crippen MR) is 131 cm³/mol. The van der Waals surface area contributed by atoms with Gasteiger partial charge in [-0.2, -0.15) is 0 Å². The summed E-state index contributed by atoms with van der Waals surface area (Å²) < 4.78 is 11.2. The molecule has 4 atom stereocenters. The molecular weight excluding hydrogens is 480 g/mol. The average Bonchev–Trinajstić information content (AvgIpc) is 3.36. The minimum absolute atomic E-state index is 0.000570. The van der Waals surface area contributed by atoms with E-state index in [1.165, 1.54) is 12.4 Å². The van der Waals surface area contributed by atoms with Gasteiger partial charge in [0.1, 0.15) is 6.04 Å². The van der Waals surface area contributed by atoms with E-state index in [4.69, 9.17) is 15.2 Å². The molecule has 2 aromatic rings. The van der Waals surface area contributed by atoms with Crippen molar-refractivity contribution in [3.63, 3.8) is 0 Å². The molecule has 2 heterocycles. The first-order valence-electron chi connectivity index (χ1n) is 12.3. The van der Waals surface area contributed by atoms with Crippen molar-refractivity contribution < 1.29 is 33.8 Å². The van der Waals surface area contributed by atoms with Gasteiger partial charge in [0, 0.05) is 30.1 Å². The Balaban J connectivity index is 1.39. The van der Waals surface area contributed by atoms with Gasteiger partial charge in [0.2, 0.25) is 6.29 Å². The fourth-order valence-corrected chi connectivity index (χ4v) is 4.74. The number of amides is 3. The Morgan fingerprint density at radius 1 is 1.00 bits per heavy atom. The van der Waals surface area contributed by atoms with Gasteiger partial charge in [0.25, 0.3) is 17.7 Å². The third-order valence-electron chi connectivity index (χ3n) is 6.66. The van der Waals surface area contributed by atoms with Gasteiger partial charge in [-0.25, -0.2) is 4.79 Å². The van der Waals surface area contributed by atoms with Crippen LogP contribution in [0.15, 0.2) is 48.8 Å². The van der Waals surface area contributed by atoms with E-state index in [9.17, 15) is 24.3 Å². The van der Waals surface area contributed by atoms with Crippen LogP contribution in [0.4, 0.5) is 5.69 Å². The molecule has 5 N–H and O–H groups in total. The van der Waals surface area contributed by atoms with E-state index in [-0.39, 0.29) is 18.2 Å². The first-order valence-corrected chi connectivity index (χ1v) is 12.3. The first-order chi connectivity index (χ1) is 17.8. The quantitative estimate of drug-likeness (QED) is 0.394. The smallest absolute Gasteiger partial charge is 0.326 e. The molecule has 11 heteroatoms. The maximum Gasteiger partial charge on any atom is 0.326 e. The van der Waals surface area contributed by atoms with Crippen molar-refractivity contribution in [2.75, 3.05) is 5.32 Å². The van der Waals surface area contributed by atoms with Gasteiger partial charge >= 0.3 is 5.97 Å². The van der Waals surface area contributed by atoms with Crippen molar-refractivity contribution in [2.24, 2.45) is 11.7 Å². The van der Waals surface area contributed by atoms with E-state index in [1.54, 1.807) is 36.4 Å². The van der Waals surface area contributed by atoms with Crippen LogP contribution in [0.25, 0.3) is 0 Å². The van der Waals surface area contributed by atoms with Crippen molar-refractivity contribution in [1.82, 2.24) is 10.3 Å². The van der Waals surface area contributed by atoms with Gasteiger partial charge in [-0.3, -0.25) is 19.4 Å². The minimum atomic E-state index is -1.35. The summed E-state index contributed by atoms with van der Waals surface area (Å²) in [6.45, 7) is 0. The molecule has 1 saturated heterocycles. The van der Waals surface area contributed by atoms with Crippen LogP contribution in [0.2, 0.25) is 0 Å². The Morgan fingerprint density at radius 3 is 2.30 bits per heavy atom. The molecule has 0 radical (unpaired) electrons. The molecule has 196 valence electrons. The van der Waals surface area contributed by atoms with Crippen molar-refractivity contribution in [2.45, 2.75) is 63.1 Å². The summed E-state index contributed by atoms with van der Waals surface area (Å²) in [5.74, 6) is -2.99. The Bertz CT molecular complexity index is 1120. The van der Waals surface area contributed by atoms with E-state index >= 15 is 0 Å². The monoisotopic (exact) mass is 510 g/mol. The zero-order valence-electron chi connectivity index (χ0n) is 20.2. The maximum absolute atomic E-state index is 13.1. The number of nitrogens with two attached hydrogens (primary N) is 1. The number of carboxylic acid groups (broad SMARTS) is 1. The third kappa shape index (κ3) is 6.69. The second-order valence-electron chi connectivity index (χ2n) is 9.28. The molecule has 1 aliphatic carbocycles. The molecule has 2 aliphatic rings. The highest BCUT2D eigenvalue weighted by atomic mass is 16.7. The number of pyridine rings is 1. The molecule has 0 bridgehead atoms. The Hall–Kier alpha value is -3.83. The van der Waals surface area contributed by atoms with E-state index in [0.29, 0.717) is 16.8 Å². The summed E-state index contributed by atoms with van der Waals surface area (Å²) in [6, 6.07) is 8.59. The van der Waals surface area contributed by atoms with Crippen molar-refractivity contribution in [1.29, 1.82) is 0 Å². The van der Waals surface area contributed by atoms with Gasteiger partial charge in [-0.15, -0.1) is 0 Å². The molecule has 3 amide bonds. The van der Waals surface area contributed by atoms with Crippen LogP contribution in [-0.2, 0) is 30.3 Å². The summed E-state index contributed by atoms with van der Waals surface area (Å²) in [5, 5.41) is 15.0. The molecule has 4 rings (SSSR count). The number of anilines is 1. The van der Waals surface area contributed by atoms with Gasteiger partial charge in [0.15, 0.2) is 6.10 Å². The normalized spacial score (nSPS) is 22.6. The lowest BCUT2D eigenvalue weighted by atomic mass is 9.83. The number of carbonyl (C=O) groups excluding carboxylic acids is 3. The molecule has 2 fully saturated rings. The molecule has 11 nitrogen and oxygen atoms in total. The maximum atomic E-state index is 13.1. The lowest BCUT2D eigenvalue weighted by molar-refractivity contribution is -0.151. The fourth-order valence-electron chi connectivity index (χ4n) is 4.74. The Morgan fingerprint density at radius 2 is 1.68 bits per heavy atom. The number of primary amides is 1. The Labute approximate surface area is 213 Å². The zero-order valence-corrected chi connectivity index (χ0v) is 20.2. The number of carboxylic acids is 1. The molecule has 2 unspecified atom stereocenters. The standard InChI is InChI=1S/C26H30N4O7/c27-22(31)26-36-20(16-4-2-1-3-5-16)21(37-26)24(33)30-19(25(34)35)14-15-6-8-18(9-7-15)29-23(32)17-10-12-28-13-11-17/h6-13,16,19-21,26H,1-5,14H2,(H2,27,31)(H,29,32)(H,30,33)(H,34,35)/t19?,20-,21-,26?/m1/s1. The van der Waals surface area contributed by atoms with E-state index in [0.717, 1.165) is 32.1 Å².